The molecule has 6 heteroatoms. The molecule has 0 bridgehead atoms. The minimum atomic E-state index is -0.696. The zero-order chi connectivity index (χ0) is 19.3. The summed E-state index contributed by atoms with van der Waals surface area (Å²) in [4.78, 5) is 26.4. The summed E-state index contributed by atoms with van der Waals surface area (Å²) in [6.07, 6.45) is -0.210. The SMILES string of the molecule is CNC(=O)C(C)N(Cc1cccc(C)c1)C(=O)Cc1c(F)cccc1Cl. The average Bonchev–Trinajstić information content (AvgIpc) is 2.61. The highest BCUT2D eigenvalue weighted by atomic mass is 35.5. The van der Waals surface area contributed by atoms with Crippen molar-refractivity contribution in [3.05, 3.63) is 70.0 Å². The monoisotopic (exact) mass is 376 g/mol. The van der Waals surface area contributed by atoms with Gasteiger partial charge in [-0.3, -0.25) is 9.59 Å². The number of nitrogens with zero attached hydrogens (tertiary/aromatic N) is 1. The van der Waals surface area contributed by atoms with E-state index in [0.29, 0.717) is 0 Å². The van der Waals surface area contributed by atoms with Crippen molar-refractivity contribution in [2.45, 2.75) is 32.9 Å². The Labute approximate surface area is 158 Å². The first-order valence-corrected chi connectivity index (χ1v) is 8.70. The van der Waals surface area contributed by atoms with Gasteiger partial charge in [-0.25, -0.2) is 4.39 Å². The maximum absolute atomic E-state index is 14.0. The Hall–Kier alpha value is -2.40. The highest BCUT2D eigenvalue weighted by Crippen LogP contribution is 2.21. The van der Waals surface area contributed by atoms with Crippen molar-refractivity contribution in [3.63, 3.8) is 0 Å². The van der Waals surface area contributed by atoms with Crippen LogP contribution in [-0.2, 0) is 22.6 Å². The minimum Gasteiger partial charge on any atom is -0.357 e. The Morgan fingerprint density at radius 3 is 2.54 bits per heavy atom. The van der Waals surface area contributed by atoms with Crippen molar-refractivity contribution in [3.8, 4) is 0 Å². The number of carbonyl (C=O) groups excluding carboxylic acids is 2. The largest absolute Gasteiger partial charge is 0.357 e. The Morgan fingerprint density at radius 2 is 1.92 bits per heavy atom. The molecule has 0 aliphatic rings. The molecule has 0 aliphatic carbocycles. The van der Waals surface area contributed by atoms with Crippen LogP contribution in [0.4, 0.5) is 4.39 Å². The molecule has 2 aromatic rings. The Morgan fingerprint density at radius 1 is 1.23 bits per heavy atom. The molecule has 0 aromatic heterocycles. The van der Waals surface area contributed by atoms with E-state index in [1.54, 1.807) is 13.0 Å². The number of likely N-dealkylation sites (N-methyl/N-ethyl adjacent to an activating group) is 1. The third-order valence-corrected chi connectivity index (χ3v) is 4.59. The van der Waals surface area contributed by atoms with Gasteiger partial charge in [0.25, 0.3) is 0 Å². The molecule has 1 N–H and O–H groups in total. The maximum atomic E-state index is 14.0. The number of hydrogen-bond acceptors (Lipinski definition) is 2. The first-order chi connectivity index (χ1) is 12.3. The Bertz CT molecular complexity index is 790. The number of halogens is 2. The van der Waals surface area contributed by atoms with Crippen LogP contribution in [0.3, 0.4) is 0 Å². The van der Waals surface area contributed by atoms with Gasteiger partial charge in [0, 0.05) is 24.2 Å². The van der Waals surface area contributed by atoms with Crippen LogP contribution in [0.15, 0.2) is 42.5 Å². The van der Waals surface area contributed by atoms with Crippen molar-refractivity contribution in [2.24, 2.45) is 0 Å². The second kappa shape index (κ2) is 8.81. The van der Waals surface area contributed by atoms with E-state index in [-0.39, 0.29) is 35.4 Å². The molecule has 4 nitrogen and oxygen atoms in total. The number of nitrogens with one attached hydrogen (secondary N) is 1. The molecular formula is C20H22ClFN2O2. The molecule has 1 unspecified atom stereocenters. The van der Waals surface area contributed by atoms with Gasteiger partial charge in [0.2, 0.25) is 11.8 Å². The summed E-state index contributed by atoms with van der Waals surface area (Å²) in [6.45, 7) is 3.85. The van der Waals surface area contributed by atoms with Crippen LogP contribution in [0.1, 0.15) is 23.6 Å². The topological polar surface area (TPSA) is 49.4 Å². The maximum Gasteiger partial charge on any atom is 0.242 e. The lowest BCUT2D eigenvalue weighted by Crippen LogP contribution is -2.47. The van der Waals surface area contributed by atoms with Crippen LogP contribution in [0.25, 0.3) is 0 Å². The molecule has 0 heterocycles. The standard InChI is InChI=1S/C20H22ClFN2O2/c1-13-6-4-7-15(10-13)12-24(14(2)20(26)23-3)19(25)11-16-17(21)8-5-9-18(16)22/h4-10,14H,11-12H2,1-3H3,(H,23,26). The molecule has 0 aliphatic heterocycles. The van der Waals surface area contributed by atoms with Gasteiger partial charge in [-0.05, 0) is 31.5 Å². The normalized spacial score (nSPS) is 11.7. The molecule has 0 saturated heterocycles. The van der Waals surface area contributed by atoms with Gasteiger partial charge in [0.05, 0.1) is 6.42 Å². The second-order valence-electron chi connectivity index (χ2n) is 6.18. The third-order valence-electron chi connectivity index (χ3n) is 4.24. The zero-order valence-corrected chi connectivity index (χ0v) is 15.8. The smallest absolute Gasteiger partial charge is 0.242 e. The highest BCUT2D eigenvalue weighted by molar-refractivity contribution is 6.31. The van der Waals surface area contributed by atoms with Gasteiger partial charge in [-0.2, -0.15) is 0 Å². The van der Waals surface area contributed by atoms with E-state index in [9.17, 15) is 14.0 Å². The van der Waals surface area contributed by atoms with Crippen LogP contribution in [-0.4, -0.2) is 29.8 Å². The fourth-order valence-electron chi connectivity index (χ4n) is 2.75. The summed E-state index contributed by atoms with van der Waals surface area (Å²) in [5, 5.41) is 2.75. The van der Waals surface area contributed by atoms with Crippen molar-refractivity contribution < 1.29 is 14.0 Å². The van der Waals surface area contributed by atoms with Gasteiger partial charge in [-0.1, -0.05) is 47.5 Å². The van der Waals surface area contributed by atoms with E-state index >= 15 is 0 Å². The molecule has 0 saturated carbocycles. The fraction of sp³-hybridized carbons (Fsp3) is 0.300. The zero-order valence-electron chi connectivity index (χ0n) is 15.1. The summed E-state index contributed by atoms with van der Waals surface area (Å²) >= 11 is 6.04. The lowest BCUT2D eigenvalue weighted by molar-refractivity contribution is -0.139. The second-order valence-corrected chi connectivity index (χ2v) is 6.59. The summed E-state index contributed by atoms with van der Waals surface area (Å²) < 4.78 is 14.0. The summed E-state index contributed by atoms with van der Waals surface area (Å²) in [6, 6.07) is 11.3. The Kier molecular flexibility index (Phi) is 6.75. The van der Waals surface area contributed by atoms with Crippen molar-refractivity contribution in [2.75, 3.05) is 7.05 Å². The van der Waals surface area contributed by atoms with E-state index in [2.05, 4.69) is 5.32 Å². The van der Waals surface area contributed by atoms with Crippen LogP contribution in [0, 0.1) is 12.7 Å². The van der Waals surface area contributed by atoms with Crippen molar-refractivity contribution in [1.29, 1.82) is 0 Å². The summed E-state index contributed by atoms with van der Waals surface area (Å²) in [7, 11) is 1.52. The molecule has 0 spiro atoms. The van der Waals surface area contributed by atoms with E-state index in [1.807, 2.05) is 31.2 Å². The lowest BCUT2D eigenvalue weighted by Gasteiger charge is -2.28. The molecule has 2 aromatic carbocycles. The van der Waals surface area contributed by atoms with Crippen LogP contribution in [0.5, 0.6) is 0 Å². The average molecular weight is 377 g/mol. The Balaban J connectivity index is 2.30. The number of aryl methyl sites for hydroxylation is 1. The molecule has 138 valence electrons. The van der Waals surface area contributed by atoms with Crippen LogP contribution < -0.4 is 5.32 Å². The number of rotatable bonds is 6. The van der Waals surface area contributed by atoms with Crippen molar-refractivity contribution >= 4 is 23.4 Å². The summed E-state index contributed by atoms with van der Waals surface area (Å²) in [5.41, 5.74) is 2.09. The molecule has 0 fully saturated rings. The van der Waals surface area contributed by atoms with Gasteiger partial charge in [0.15, 0.2) is 0 Å². The number of benzene rings is 2. The van der Waals surface area contributed by atoms with Gasteiger partial charge in [0.1, 0.15) is 11.9 Å². The van der Waals surface area contributed by atoms with Gasteiger partial charge in [-0.15, -0.1) is 0 Å². The lowest BCUT2D eigenvalue weighted by atomic mass is 10.1. The number of hydrogen-bond donors (Lipinski definition) is 1. The van der Waals surface area contributed by atoms with Gasteiger partial charge < -0.3 is 10.2 Å². The van der Waals surface area contributed by atoms with E-state index < -0.39 is 11.9 Å². The van der Waals surface area contributed by atoms with Crippen LogP contribution >= 0.6 is 11.6 Å². The number of amides is 2. The minimum absolute atomic E-state index is 0.137. The van der Waals surface area contributed by atoms with E-state index in [4.69, 9.17) is 11.6 Å². The van der Waals surface area contributed by atoms with Crippen LogP contribution in [0.2, 0.25) is 5.02 Å². The molecular weight excluding hydrogens is 355 g/mol. The molecule has 0 radical (unpaired) electrons. The van der Waals surface area contributed by atoms with E-state index in [0.717, 1.165) is 11.1 Å². The van der Waals surface area contributed by atoms with Gasteiger partial charge >= 0.3 is 0 Å². The molecule has 2 rings (SSSR count). The third kappa shape index (κ3) is 4.82. The first-order valence-electron chi connectivity index (χ1n) is 8.33. The highest BCUT2D eigenvalue weighted by Gasteiger charge is 2.26. The predicted octanol–water partition coefficient (Wildman–Crippen LogP) is 3.49. The summed E-state index contributed by atoms with van der Waals surface area (Å²) in [5.74, 6) is -1.19. The quantitative estimate of drug-likeness (QED) is 0.838. The van der Waals surface area contributed by atoms with Crippen molar-refractivity contribution in [1.82, 2.24) is 10.2 Å². The fourth-order valence-corrected chi connectivity index (χ4v) is 2.98. The molecule has 2 amide bonds. The predicted molar refractivity (Wildman–Crippen MR) is 100 cm³/mol. The molecule has 26 heavy (non-hydrogen) atoms. The molecule has 1 atom stereocenters. The van der Waals surface area contributed by atoms with E-state index in [1.165, 1.54) is 24.1 Å². The first kappa shape index (κ1) is 19.9. The number of carbonyl (C=O) groups is 2.